The summed E-state index contributed by atoms with van der Waals surface area (Å²) in [5.41, 5.74) is 0.436. The molecule has 22 heavy (non-hydrogen) atoms. The molecule has 0 aromatic heterocycles. The number of hydrogen-bond acceptors (Lipinski definition) is 4. The van der Waals surface area contributed by atoms with E-state index in [1.165, 1.54) is 6.07 Å². The molecule has 1 aromatic rings. The quantitative estimate of drug-likeness (QED) is 0.764. The lowest BCUT2D eigenvalue weighted by atomic mass is 10.1. The third-order valence-electron chi connectivity index (χ3n) is 2.80. The first kappa shape index (κ1) is 15.8. The number of rotatable bonds is 3. The fraction of sp³-hybridized carbons (Fsp3) is 0.400. The van der Waals surface area contributed by atoms with Crippen molar-refractivity contribution in [1.29, 1.82) is 0 Å². The van der Waals surface area contributed by atoms with Gasteiger partial charge in [0.1, 0.15) is 5.75 Å². The van der Waals surface area contributed by atoms with E-state index < -0.39 is 5.91 Å². The standard InChI is InChI=1S/C15H19N3O4/c1-15(2,3)18-12(19)7-16-14(21)9-4-5-11-10(6-9)17-13(20)8-22-11/h4-6H,7-8H2,1-3H3,(H,16,21)(H,17,20)(H,18,19). The second-order valence-corrected chi connectivity index (χ2v) is 6.03. The topological polar surface area (TPSA) is 96.5 Å². The van der Waals surface area contributed by atoms with E-state index in [2.05, 4.69) is 16.0 Å². The third-order valence-corrected chi connectivity index (χ3v) is 2.80. The van der Waals surface area contributed by atoms with Crippen molar-refractivity contribution < 1.29 is 19.1 Å². The fourth-order valence-electron chi connectivity index (χ4n) is 1.95. The molecule has 1 heterocycles. The summed E-state index contributed by atoms with van der Waals surface area (Å²) in [5.74, 6) is -0.418. The van der Waals surface area contributed by atoms with E-state index in [0.29, 0.717) is 17.0 Å². The van der Waals surface area contributed by atoms with Crippen LogP contribution in [-0.2, 0) is 9.59 Å². The largest absolute Gasteiger partial charge is 0.482 e. The van der Waals surface area contributed by atoms with E-state index in [9.17, 15) is 14.4 Å². The molecule has 0 unspecified atom stereocenters. The van der Waals surface area contributed by atoms with E-state index >= 15 is 0 Å². The minimum absolute atomic E-state index is 0.0362. The van der Waals surface area contributed by atoms with E-state index in [1.54, 1.807) is 12.1 Å². The Morgan fingerprint density at radius 3 is 2.73 bits per heavy atom. The number of nitrogens with one attached hydrogen (secondary N) is 3. The van der Waals surface area contributed by atoms with E-state index in [-0.39, 0.29) is 30.5 Å². The number of hydrogen-bond donors (Lipinski definition) is 3. The van der Waals surface area contributed by atoms with Crippen LogP contribution >= 0.6 is 0 Å². The van der Waals surface area contributed by atoms with Crippen LogP contribution in [0.2, 0.25) is 0 Å². The molecule has 1 aliphatic rings. The van der Waals surface area contributed by atoms with Crippen molar-refractivity contribution in [1.82, 2.24) is 10.6 Å². The summed E-state index contributed by atoms with van der Waals surface area (Å²) in [6.45, 7) is 5.43. The third kappa shape index (κ3) is 4.21. The molecular weight excluding hydrogens is 286 g/mol. The van der Waals surface area contributed by atoms with Gasteiger partial charge in [0.2, 0.25) is 5.91 Å². The number of amides is 3. The second-order valence-electron chi connectivity index (χ2n) is 6.03. The number of benzene rings is 1. The van der Waals surface area contributed by atoms with E-state index in [1.807, 2.05) is 20.8 Å². The van der Waals surface area contributed by atoms with Crippen LogP contribution in [0.3, 0.4) is 0 Å². The highest BCUT2D eigenvalue weighted by Crippen LogP contribution is 2.28. The number of anilines is 1. The Morgan fingerprint density at radius 2 is 2.05 bits per heavy atom. The molecule has 0 aliphatic carbocycles. The Morgan fingerprint density at radius 1 is 1.32 bits per heavy atom. The molecule has 0 bridgehead atoms. The van der Waals surface area contributed by atoms with Gasteiger partial charge >= 0.3 is 0 Å². The van der Waals surface area contributed by atoms with Crippen LogP contribution in [0, 0.1) is 0 Å². The first-order valence-corrected chi connectivity index (χ1v) is 6.90. The molecule has 0 radical (unpaired) electrons. The highest BCUT2D eigenvalue weighted by Gasteiger charge is 2.19. The molecule has 0 spiro atoms. The van der Waals surface area contributed by atoms with Crippen molar-refractivity contribution in [2.24, 2.45) is 0 Å². The maximum absolute atomic E-state index is 12.0. The van der Waals surface area contributed by atoms with Crippen LogP contribution in [0.1, 0.15) is 31.1 Å². The highest BCUT2D eigenvalue weighted by atomic mass is 16.5. The van der Waals surface area contributed by atoms with Crippen molar-refractivity contribution in [3.8, 4) is 5.75 Å². The summed E-state index contributed by atoms with van der Waals surface area (Å²) in [4.78, 5) is 35.0. The molecule has 2 rings (SSSR count). The van der Waals surface area contributed by atoms with Crippen LogP contribution in [-0.4, -0.2) is 36.4 Å². The number of carbonyl (C=O) groups excluding carboxylic acids is 3. The molecule has 3 amide bonds. The van der Waals surface area contributed by atoms with Crippen LogP contribution in [0.5, 0.6) is 5.75 Å². The molecule has 0 atom stereocenters. The Hall–Kier alpha value is -2.57. The summed E-state index contributed by atoms with van der Waals surface area (Å²) in [5, 5.41) is 7.91. The fourth-order valence-corrected chi connectivity index (χ4v) is 1.95. The average Bonchev–Trinajstić information content (AvgIpc) is 2.42. The maximum atomic E-state index is 12.0. The van der Waals surface area contributed by atoms with Gasteiger partial charge in [-0.15, -0.1) is 0 Å². The molecule has 1 aromatic carbocycles. The van der Waals surface area contributed by atoms with Crippen molar-refractivity contribution in [2.75, 3.05) is 18.5 Å². The van der Waals surface area contributed by atoms with Crippen LogP contribution in [0.4, 0.5) is 5.69 Å². The lowest BCUT2D eigenvalue weighted by Crippen LogP contribution is -2.45. The van der Waals surface area contributed by atoms with Gasteiger partial charge in [-0.05, 0) is 39.0 Å². The summed E-state index contributed by atoms with van der Waals surface area (Å²) in [7, 11) is 0. The number of carbonyl (C=O) groups is 3. The van der Waals surface area contributed by atoms with Gasteiger partial charge in [0.15, 0.2) is 6.61 Å². The van der Waals surface area contributed by atoms with Crippen LogP contribution < -0.4 is 20.7 Å². The Bertz CT molecular complexity index is 620. The molecule has 0 saturated carbocycles. The first-order valence-electron chi connectivity index (χ1n) is 6.90. The van der Waals surface area contributed by atoms with Crippen molar-refractivity contribution >= 4 is 23.4 Å². The minimum Gasteiger partial charge on any atom is -0.482 e. The molecule has 7 nitrogen and oxygen atoms in total. The molecule has 1 aliphatic heterocycles. The average molecular weight is 305 g/mol. The zero-order valence-electron chi connectivity index (χ0n) is 12.8. The monoisotopic (exact) mass is 305 g/mol. The summed E-state index contributed by atoms with van der Waals surface area (Å²) >= 11 is 0. The second kappa shape index (κ2) is 6.05. The van der Waals surface area contributed by atoms with Gasteiger partial charge in [-0.2, -0.15) is 0 Å². The highest BCUT2D eigenvalue weighted by molar-refractivity contribution is 6.00. The van der Waals surface area contributed by atoms with Crippen molar-refractivity contribution in [3.05, 3.63) is 23.8 Å². The maximum Gasteiger partial charge on any atom is 0.262 e. The Kier molecular flexibility index (Phi) is 4.35. The smallest absolute Gasteiger partial charge is 0.262 e. The Labute approximate surface area is 128 Å². The van der Waals surface area contributed by atoms with Crippen LogP contribution in [0.15, 0.2) is 18.2 Å². The molecule has 3 N–H and O–H groups in total. The summed E-state index contributed by atoms with van der Waals surface area (Å²) in [6.07, 6.45) is 0. The van der Waals surface area contributed by atoms with E-state index in [4.69, 9.17) is 4.74 Å². The predicted molar refractivity (Wildman–Crippen MR) is 80.8 cm³/mol. The van der Waals surface area contributed by atoms with Crippen molar-refractivity contribution in [3.63, 3.8) is 0 Å². The lowest BCUT2D eigenvalue weighted by Gasteiger charge is -2.20. The Balaban J connectivity index is 1.97. The number of fused-ring (bicyclic) bond motifs is 1. The lowest BCUT2D eigenvalue weighted by molar-refractivity contribution is -0.121. The zero-order chi connectivity index (χ0) is 16.3. The SMILES string of the molecule is CC(C)(C)NC(=O)CNC(=O)c1ccc2c(c1)NC(=O)CO2. The van der Waals surface area contributed by atoms with Gasteiger partial charge in [-0.25, -0.2) is 0 Å². The molecule has 118 valence electrons. The zero-order valence-corrected chi connectivity index (χ0v) is 12.8. The van der Waals surface area contributed by atoms with Gasteiger partial charge in [0, 0.05) is 11.1 Å². The van der Waals surface area contributed by atoms with Gasteiger partial charge in [-0.1, -0.05) is 0 Å². The van der Waals surface area contributed by atoms with E-state index in [0.717, 1.165) is 0 Å². The van der Waals surface area contributed by atoms with Gasteiger partial charge < -0.3 is 20.7 Å². The van der Waals surface area contributed by atoms with Crippen LogP contribution in [0.25, 0.3) is 0 Å². The van der Waals surface area contributed by atoms with Gasteiger partial charge in [0.05, 0.1) is 12.2 Å². The first-order chi connectivity index (χ1) is 10.2. The molecular formula is C15H19N3O4. The van der Waals surface area contributed by atoms with Crippen molar-refractivity contribution in [2.45, 2.75) is 26.3 Å². The van der Waals surface area contributed by atoms with Gasteiger partial charge in [0.25, 0.3) is 11.8 Å². The summed E-state index contributed by atoms with van der Waals surface area (Å²) < 4.78 is 5.22. The predicted octanol–water partition coefficient (Wildman–Crippen LogP) is 0.662. The summed E-state index contributed by atoms with van der Waals surface area (Å²) in [6, 6.07) is 4.70. The molecule has 0 saturated heterocycles. The molecule has 7 heteroatoms. The van der Waals surface area contributed by atoms with Gasteiger partial charge in [-0.3, -0.25) is 14.4 Å². The number of ether oxygens (including phenoxy) is 1. The normalized spacial score (nSPS) is 13.5. The minimum atomic E-state index is -0.397. The molecule has 0 fully saturated rings.